The first-order valence-electron chi connectivity index (χ1n) is 9.00. The van der Waals surface area contributed by atoms with Gasteiger partial charge in [-0.2, -0.15) is 0 Å². The molecule has 2 heterocycles. The summed E-state index contributed by atoms with van der Waals surface area (Å²) in [5.74, 6) is -2.23. The van der Waals surface area contributed by atoms with Gasteiger partial charge >= 0.3 is 0 Å². The number of amides is 1. The Morgan fingerprint density at radius 3 is 2.75 bits per heavy atom. The summed E-state index contributed by atoms with van der Waals surface area (Å²) in [7, 11) is -3.36. The first kappa shape index (κ1) is 20.8. The van der Waals surface area contributed by atoms with E-state index in [0.717, 1.165) is 23.5 Å². The molecule has 1 amide bonds. The van der Waals surface area contributed by atoms with Crippen LogP contribution in [0.15, 0.2) is 23.6 Å². The van der Waals surface area contributed by atoms with Crippen LogP contribution in [0.25, 0.3) is 11.3 Å². The van der Waals surface area contributed by atoms with E-state index in [0.29, 0.717) is 25.8 Å². The van der Waals surface area contributed by atoms with Crippen LogP contribution in [0.4, 0.5) is 13.9 Å². The number of nitrogens with one attached hydrogen (secondary N) is 1. The summed E-state index contributed by atoms with van der Waals surface area (Å²) in [6, 6.07) is 3.55. The first-order chi connectivity index (χ1) is 13.3. The summed E-state index contributed by atoms with van der Waals surface area (Å²) >= 11 is 1.06. The molecule has 0 radical (unpaired) electrons. The zero-order valence-electron chi connectivity index (χ0n) is 15.3. The normalized spacial score (nSPS) is 18.2. The molecule has 1 aromatic carbocycles. The Bertz CT molecular complexity index is 942. The minimum Gasteiger partial charge on any atom is -0.302 e. The number of carbonyl (C=O) groups is 1. The number of benzene rings is 1. The molecule has 1 aliphatic rings. The fourth-order valence-corrected chi connectivity index (χ4v) is 5.48. The first-order valence-corrected chi connectivity index (χ1v) is 11.5. The predicted molar refractivity (Wildman–Crippen MR) is 104 cm³/mol. The molecule has 28 heavy (non-hydrogen) atoms. The van der Waals surface area contributed by atoms with E-state index in [9.17, 15) is 22.0 Å². The Kier molecular flexibility index (Phi) is 6.41. The number of carbonyl (C=O) groups excluding carboxylic acids is 1. The number of rotatable bonds is 6. The maximum Gasteiger partial charge on any atom is 0.230 e. The summed E-state index contributed by atoms with van der Waals surface area (Å²) in [6.07, 6.45) is 1.69. The number of halogens is 2. The zero-order chi connectivity index (χ0) is 20.3. The monoisotopic (exact) mass is 429 g/mol. The number of hydrogen-bond donors (Lipinski definition) is 1. The Hall–Kier alpha value is -1.91. The number of anilines is 1. The van der Waals surface area contributed by atoms with E-state index < -0.39 is 27.6 Å². The smallest absolute Gasteiger partial charge is 0.230 e. The number of piperidine rings is 1. The van der Waals surface area contributed by atoms with Gasteiger partial charge in [0.15, 0.2) is 5.13 Å². The second-order valence-electron chi connectivity index (χ2n) is 6.64. The summed E-state index contributed by atoms with van der Waals surface area (Å²) in [5.41, 5.74) is -0.138. The number of thiazole rings is 1. The van der Waals surface area contributed by atoms with Crippen LogP contribution in [0.1, 0.15) is 26.2 Å². The van der Waals surface area contributed by atoms with Gasteiger partial charge in [0.2, 0.25) is 15.9 Å². The lowest BCUT2D eigenvalue weighted by Crippen LogP contribution is -2.44. The maximum atomic E-state index is 13.9. The molecule has 1 aromatic heterocycles. The highest BCUT2D eigenvalue weighted by Crippen LogP contribution is 2.30. The van der Waals surface area contributed by atoms with Crippen LogP contribution in [-0.4, -0.2) is 42.5 Å². The molecule has 6 nitrogen and oxygen atoms in total. The molecule has 1 saturated heterocycles. The SMILES string of the molecule is CCCS(=O)(=O)N1CCC[C@@H](C(=O)Nc2nc(-c3c(F)cccc3F)cs2)C1. The summed E-state index contributed by atoms with van der Waals surface area (Å²) in [5, 5.41) is 4.33. The quantitative estimate of drug-likeness (QED) is 0.763. The zero-order valence-corrected chi connectivity index (χ0v) is 17.0. The van der Waals surface area contributed by atoms with E-state index in [4.69, 9.17) is 0 Å². The van der Waals surface area contributed by atoms with Gasteiger partial charge in [-0.05, 0) is 31.4 Å². The van der Waals surface area contributed by atoms with Crippen molar-refractivity contribution in [1.82, 2.24) is 9.29 Å². The molecule has 1 aliphatic heterocycles. The van der Waals surface area contributed by atoms with E-state index in [1.54, 1.807) is 6.92 Å². The number of hydrogen-bond acceptors (Lipinski definition) is 5. The second-order valence-corrected chi connectivity index (χ2v) is 9.58. The van der Waals surface area contributed by atoms with Crippen LogP contribution in [0.2, 0.25) is 0 Å². The number of aromatic nitrogens is 1. The van der Waals surface area contributed by atoms with Crippen molar-refractivity contribution in [2.45, 2.75) is 26.2 Å². The summed E-state index contributed by atoms with van der Waals surface area (Å²) in [6.45, 7) is 2.35. The van der Waals surface area contributed by atoms with Crippen molar-refractivity contribution < 1.29 is 22.0 Å². The summed E-state index contributed by atoms with van der Waals surface area (Å²) < 4.78 is 53.6. The third-order valence-corrected chi connectivity index (χ3v) is 7.36. The van der Waals surface area contributed by atoms with Gasteiger partial charge in [-0.25, -0.2) is 26.5 Å². The van der Waals surface area contributed by atoms with Gasteiger partial charge in [0.1, 0.15) is 11.6 Å². The molecule has 0 aliphatic carbocycles. The van der Waals surface area contributed by atoms with E-state index in [1.807, 2.05) is 0 Å². The van der Waals surface area contributed by atoms with Gasteiger partial charge in [-0.15, -0.1) is 11.3 Å². The van der Waals surface area contributed by atoms with Crippen molar-refractivity contribution in [3.63, 3.8) is 0 Å². The van der Waals surface area contributed by atoms with Gasteiger partial charge in [0.05, 0.1) is 22.9 Å². The van der Waals surface area contributed by atoms with Gasteiger partial charge in [0.25, 0.3) is 0 Å². The van der Waals surface area contributed by atoms with Gasteiger partial charge in [-0.1, -0.05) is 13.0 Å². The molecular formula is C18H21F2N3O3S2. The summed E-state index contributed by atoms with van der Waals surface area (Å²) in [4.78, 5) is 16.7. The fraction of sp³-hybridized carbons (Fsp3) is 0.444. The van der Waals surface area contributed by atoms with Crippen LogP contribution in [-0.2, 0) is 14.8 Å². The number of sulfonamides is 1. The van der Waals surface area contributed by atoms with E-state index in [-0.39, 0.29) is 34.6 Å². The van der Waals surface area contributed by atoms with Gasteiger partial charge in [0, 0.05) is 18.5 Å². The predicted octanol–water partition coefficient (Wildman–Crippen LogP) is 3.48. The minimum atomic E-state index is -3.36. The molecular weight excluding hydrogens is 408 g/mol. The Balaban J connectivity index is 1.69. The highest BCUT2D eigenvalue weighted by Gasteiger charge is 2.32. The van der Waals surface area contributed by atoms with Crippen LogP contribution >= 0.6 is 11.3 Å². The molecule has 152 valence electrons. The van der Waals surface area contributed by atoms with Crippen LogP contribution in [0.3, 0.4) is 0 Å². The largest absolute Gasteiger partial charge is 0.302 e. The van der Waals surface area contributed by atoms with Gasteiger partial charge < -0.3 is 5.32 Å². The Labute approximate surface area is 166 Å². The molecule has 0 unspecified atom stereocenters. The van der Waals surface area contributed by atoms with Crippen molar-refractivity contribution in [3.05, 3.63) is 35.2 Å². The highest BCUT2D eigenvalue weighted by atomic mass is 32.2. The molecule has 0 saturated carbocycles. The van der Waals surface area contributed by atoms with Crippen molar-refractivity contribution >= 4 is 32.4 Å². The minimum absolute atomic E-state index is 0.0609. The van der Waals surface area contributed by atoms with Crippen LogP contribution < -0.4 is 5.32 Å². The molecule has 3 rings (SSSR count). The lowest BCUT2D eigenvalue weighted by Gasteiger charge is -2.30. The molecule has 1 fully saturated rings. The molecule has 2 aromatic rings. The topological polar surface area (TPSA) is 79.4 Å². The standard InChI is InChI=1S/C18H21F2N3O3S2/c1-2-9-28(25,26)23-8-4-5-12(10-23)17(24)22-18-21-15(11-27-18)16-13(19)6-3-7-14(16)20/h3,6-7,11-12H,2,4-5,8-10H2,1H3,(H,21,22,24)/t12-/m1/s1. The highest BCUT2D eigenvalue weighted by molar-refractivity contribution is 7.89. The molecule has 1 atom stereocenters. The third kappa shape index (κ3) is 4.56. The average Bonchev–Trinajstić information content (AvgIpc) is 3.09. The lowest BCUT2D eigenvalue weighted by atomic mass is 9.99. The van der Waals surface area contributed by atoms with Crippen LogP contribution in [0, 0.1) is 17.6 Å². The van der Waals surface area contributed by atoms with Crippen molar-refractivity contribution in [2.24, 2.45) is 5.92 Å². The Morgan fingerprint density at radius 1 is 1.36 bits per heavy atom. The molecule has 0 spiro atoms. The fourth-order valence-electron chi connectivity index (χ4n) is 3.19. The number of nitrogens with zero attached hydrogens (tertiary/aromatic N) is 2. The van der Waals surface area contributed by atoms with Crippen molar-refractivity contribution in [3.8, 4) is 11.3 Å². The maximum absolute atomic E-state index is 13.9. The van der Waals surface area contributed by atoms with E-state index in [2.05, 4.69) is 10.3 Å². The second kappa shape index (κ2) is 8.62. The van der Waals surface area contributed by atoms with Crippen LogP contribution in [0.5, 0.6) is 0 Å². The van der Waals surface area contributed by atoms with Gasteiger partial charge in [-0.3, -0.25) is 4.79 Å². The van der Waals surface area contributed by atoms with Crippen molar-refractivity contribution in [2.75, 3.05) is 24.2 Å². The van der Waals surface area contributed by atoms with Crippen molar-refractivity contribution in [1.29, 1.82) is 0 Å². The average molecular weight is 430 g/mol. The third-order valence-electron chi connectivity index (χ3n) is 4.56. The lowest BCUT2D eigenvalue weighted by molar-refractivity contribution is -0.120. The van der Waals surface area contributed by atoms with E-state index in [1.165, 1.54) is 15.8 Å². The molecule has 0 bridgehead atoms. The molecule has 1 N–H and O–H groups in total. The van der Waals surface area contributed by atoms with E-state index >= 15 is 0 Å². The Morgan fingerprint density at radius 2 is 2.07 bits per heavy atom. The molecule has 10 heteroatoms.